The first-order valence-corrected chi connectivity index (χ1v) is 8.01. The third-order valence-corrected chi connectivity index (χ3v) is 4.62. The Bertz CT molecular complexity index is 639. The number of nitrogens with zero attached hydrogens (tertiary/aromatic N) is 1. The van der Waals surface area contributed by atoms with Gasteiger partial charge in [0, 0.05) is 36.4 Å². The Kier molecular flexibility index (Phi) is 3.36. The summed E-state index contributed by atoms with van der Waals surface area (Å²) in [4.78, 5) is 2.45. The topological polar surface area (TPSA) is 15.3 Å². The molecule has 108 valence electrons. The second-order valence-electron chi connectivity index (χ2n) is 6.05. The maximum atomic E-state index is 6.20. The predicted molar refractivity (Wildman–Crippen MR) is 87.6 cm³/mol. The van der Waals surface area contributed by atoms with Gasteiger partial charge in [0.15, 0.2) is 0 Å². The van der Waals surface area contributed by atoms with E-state index >= 15 is 0 Å². The van der Waals surface area contributed by atoms with Crippen molar-refractivity contribution in [3.05, 3.63) is 64.2 Å². The van der Waals surface area contributed by atoms with Gasteiger partial charge in [0.2, 0.25) is 0 Å². The van der Waals surface area contributed by atoms with Gasteiger partial charge in [-0.1, -0.05) is 35.9 Å². The molecule has 3 heteroatoms. The largest absolute Gasteiger partial charge is 0.363 e. The molecule has 0 saturated heterocycles. The quantitative estimate of drug-likeness (QED) is 0.914. The molecule has 2 nitrogen and oxygen atoms in total. The number of hydrogen-bond donors (Lipinski definition) is 1. The van der Waals surface area contributed by atoms with Crippen LogP contribution in [-0.2, 0) is 19.6 Å². The van der Waals surface area contributed by atoms with Crippen LogP contribution < -0.4 is 10.2 Å². The Balaban J connectivity index is 1.59. The van der Waals surface area contributed by atoms with Crippen LogP contribution in [0, 0.1) is 0 Å². The van der Waals surface area contributed by atoms with E-state index in [1.54, 1.807) is 0 Å². The van der Waals surface area contributed by atoms with Crippen molar-refractivity contribution in [2.75, 3.05) is 4.90 Å². The van der Waals surface area contributed by atoms with Crippen LogP contribution in [0.1, 0.15) is 29.5 Å². The van der Waals surface area contributed by atoms with Gasteiger partial charge < -0.3 is 10.2 Å². The number of rotatable bonds is 4. The molecule has 4 rings (SSSR count). The normalized spacial score (nSPS) is 17.1. The number of nitrogens with one attached hydrogen (secondary N) is 1. The van der Waals surface area contributed by atoms with Gasteiger partial charge in [-0.3, -0.25) is 0 Å². The Morgan fingerprint density at radius 2 is 1.76 bits per heavy atom. The summed E-state index contributed by atoms with van der Waals surface area (Å²) in [6, 6.07) is 15.7. The summed E-state index contributed by atoms with van der Waals surface area (Å²) >= 11 is 6.20. The Labute approximate surface area is 130 Å². The molecule has 0 unspecified atom stereocenters. The summed E-state index contributed by atoms with van der Waals surface area (Å²) in [6.07, 6.45) is 2.62. The lowest BCUT2D eigenvalue weighted by Gasteiger charge is -2.22. The van der Waals surface area contributed by atoms with E-state index in [9.17, 15) is 0 Å². The van der Waals surface area contributed by atoms with E-state index in [0.29, 0.717) is 6.04 Å². The lowest BCUT2D eigenvalue weighted by molar-refractivity contribution is 0.684. The maximum absolute atomic E-state index is 6.20. The van der Waals surface area contributed by atoms with Crippen LogP contribution in [0.2, 0.25) is 5.02 Å². The van der Waals surface area contributed by atoms with Gasteiger partial charge in [0.1, 0.15) is 0 Å². The zero-order valence-corrected chi connectivity index (χ0v) is 12.7. The fourth-order valence-electron chi connectivity index (χ4n) is 3.05. The van der Waals surface area contributed by atoms with E-state index in [0.717, 1.165) is 24.7 Å². The molecule has 0 bridgehead atoms. The molecule has 1 N–H and O–H groups in total. The van der Waals surface area contributed by atoms with E-state index in [-0.39, 0.29) is 0 Å². The highest BCUT2D eigenvalue weighted by molar-refractivity contribution is 6.30. The predicted octanol–water partition coefficient (Wildman–Crippen LogP) is 4.11. The highest BCUT2D eigenvalue weighted by Gasteiger charge is 2.23. The van der Waals surface area contributed by atoms with Crippen LogP contribution in [0.25, 0.3) is 0 Å². The lowest BCUT2D eigenvalue weighted by Crippen LogP contribution is -2.21. The number of halogens is 1. The second-order valence-corrected chi connectivity index (χ2v) is 6.49. The Morgan fingerprint density at radius 1 is 1.05 bits per heavy atom. The van der Waals surface area contributed by atoms with Crippen molar-refractivity contribution in [2.45, 2.75) is 38.5 Å². The molecule has 0 radical (unpaired) electrons. The summed E-state index contributed by atoms with van der Waals surface area (Å²) in [5, 5.41) is 4.42. The molecule has 1 aliphatic heterocycles. The highest BCUT2D eigenvalue weighted by atomic mass is 35.5. The first-order valence-electron chi connectivity index (χ1n) is 7.63. The average molecular weight is 299 g/mol. The summed E-state index contributed by atoms with van der Waals surface area (Å²) in [5.41, 5.74) is 5.49. The van der Waals surface area contributed by atoms with Crippen molar-refractivity contribution in [2.24, 2.45) is 0 Å². The van der Waals surface area contributed by atoms with Crippen molar-refractivity contribution >= 4 is 17.3 Å². The van der Waals surface area contributed by atoms with Gasteiger partial charge in [0.25, 0.3) is 0 Å². The summed E-state index contributed by atoms with van der Waals surface area (Å²) in [7, 11) is 0. The molecule has 21 heavy (non-hydrogen) atoms. The van der Waals surface area contributed by atoms with Gasteiger partial charge in [-0.2, -0.15) is 0 Å². The van der Waals surface area contributed by atoms with Crippen molar-refractivity contribution in [3.63, 3.8) is 0 Å². The molecule has 1 saturated carbocycles. The minimum atomic E-state index is 0.715. The highest BCUT2D eigenvalue weighted by Crippen LogP contribution is 2.32. The van der Waals surface area contributed by atoms with Gasteiger partial charge in [0.05, 0.1) is 0 Å². The first-order chi connectivity index (χ1) is 10.3. The van der Waals surface area contributed by atoms with Crippen LogP contribution in [-0.4, -0.2) is 6.04 Å². The maximum Gasteiger partial charge on any atom is 0.0436 e. The van der Waals surface area contributed by atoms with Crippen LogP contribution in [0.15, 0.2) is 42.5 Å². The van der Waals surface area contributed by atoms with Crippen LogP contribution >= 0.6 is 11.6 Å². The minimum absolute atomic E-state index is 0.715. The standard InChI is InChI=1S/C18H19ClN2/c19-16-5-8-18(15(9-16)10-20-17-6-7-17)21-11-13-3-1-2-4-14(13)12-21/h1-5,8-9,17,20H,6-7,10-12H2. The molecule has 0 atom stereocenters. The van der Waals surface area contributed by atoms with Gasteiger partial charge in [-0.25, -0.2) is 0 Å². The monoisotopic (exact) mass is 298 g/mol. The average Bonchev–Trinajstić information content (AvgIpc) is 3.22. The van der Waals surface area contributed by atoms with Crippen molar-refractivity contribution in [3.8, 4) is 0 Å². The molecular weight excluding hydrogens is 280 g/mol. The van der Waals surface area contributed by atoms with Gasteiger partial charge in [-0.05, 0) is 47.7 Å². The lowest BCUT2D eigenvalue weighted by atomic mass is 10.1. The summed E-state index contributed by atoms with van der Waals surface area (Å²) < 4.78 is 0. The van der Waals surface area contributed by atoms with Crippen molar-refractivity contribution < 1.29 is 0 Å². The third-order valence-electron chi connectivity index (χ3n) is 4.38. The second kappa shape index (κ2) is 5.36. The summed E-state index contributed by atoms with van der Waals surface area (Å²) in [6.45, 7) is 2.90. The first kappa shape index (κ1) is 13.2. The van der Waals surface area contributed by atoms with Crippen molar-refractivity contribution in [1.82, 2.24) is 5.32 Å². The van der Waals surface area contributed by atoms with E-state index in [2.05, 4.69) is 46.6 Å². The Morgan fingerprint density at radius 3 is 2.43 bits per heavy atom. The molecule has 0 aromatic heterocycles. The molecule has 1 aliphatic carbocycles. The fourth-order valence-corrected chi connectivity index (χ4v) is 3.24. The van der Waals surface area contributed by atoms with Gasteiger partial charge in [-0.15, -0.1) is 0 Å². The molecule has 0 amide bonds. The van der Waals surface area contributed by atoms with E-state index < -0.39 is 0 Å². The van der Waals surface area contributed by atoms with E-state index in [1.165, 1.54) is 35.2 Å². The molecule has 2 aromatic carbocycles. The minimum Gasteiger partial charge on any atom is -0.363 e. The van der Waals surface area contributed by atoms with Gasteiger partial charge >= 0.3 is 0 Å². The zero-order valence-electron chi connectivity index (χ0n) is 12.0. The smallest absolute Gasteiger partial charge is 0.0436 e. The molecule has 2 aliphatic rings. The SMILES string of the molecule is Clc1ccc(N2Cc3ccccc3C2)c(CNC2CC2)c1. The number of anilines is 1. The van der Waals surface area contributed by atoms with Crippen LogP contribution in [0.3, 0.4) is 0 Å². The van der Waals surface area contributed by atoms with E-state index in [4.69, 9.17) is 11.6 Å². The van der Waals surface area contributed by atoms with Crippen LogP contribution in [0.5, 0.6) is 0 Å². The van der Waals surface area contributed by atoms with E-state index in [1.807, 2.05) is 6.07 Å². The third kappa shape index (κ3) is 2.78. The molecular formula is C18H19ClN2. The molecule has 1 heterocycles. The molecule has 2 aromatic rings. The number of fused-ring (bicyclic) bond motifs is 1. The summed E-state index contributed by atoms with van der Waals surface area (Å²) in [5.74, 6) is 0. The molecule has 0 spiro atoms. The fraction of sp³-hybridized carbons (Fsp3) is 0.333. The zero-order chi connectivity index (χ0) is 14.2. The Hall–Kier alpha value is -1.51. The molecule has 1 fully saturated rings. The van der Waals surface area contributed by atoms with Crippen molar-refractivity contribution in [1.29, 1.82) is 0 Å². The van der Waals surface area contributed by atoms with Crippen LogP contribution in [0.4, 0.5) is 5.69 Å². The number of benzene rings is 2. The number of hydrogen-bond acceptors (Lipinski definition) is 2.